The number of benzene rings is 1. The quantitative estimate of drug-likeness (QED) is 0.901. The van der Waals surface area contributed by atoms with Crippen molar-refractivity contribution in [2.45, 2.75) is 38.4 Å². The SMILES string of the molecule is O=C(OCc1ccccc1)N1CCC(COC2CCNCC2)CC1. The van der Waals surface area contributed by atoms with Crippen molar-refractivity contribution >= 4 is 6.09 Å². The Balaban J connectivity index is 1.33. The van der Waals surface area contributed by atoms with Crippen LogP contribution in [0.4, 0.5) is 4.79 Å². The maximum absolute atomic E-state index is 12.1. The van der Waals surface area contributed by atoms with Crippen LogP contribution in [0.5, 0.6) is 0 Å². The van der Waals surface area contributed by atoms with Gasteiger partial charge in [0.05, 0.1) is 6.10 Å². The van der Waals surface area contributed by atoms with Crippen LogP contribution in [0, 0.1) is 5.92 Å². The second-order valence-corrected chi connectivity index (χ2v) is 6.75. The average molecular weight is 332 g/mol. The molecule has 2 heterocycles. The summed E-state index contributed by atoms with van der Waals surface area (Å²) >= 11 is 0. The van der Waals surface area contributed by atoms with Gasteiger partial charge in [-0.05, 0) is 50.3 Å². The molecule has 0 aromatic heterocycles. The maximum atomic E-state index is 12.1. The molecule has 2 fully saturated rings. The first-order valence-electron chi connectivity index (χ1n) is 9.09. The first-order valence-corrected chi connectivity index (χ1v) is 9.09. The molecule has 0 unspecified atom stereocenters. The van der Waals surface area contributed by atoms with Crippen molar-refractivity contribution in [3.8, 4) is 0 Å². The predicted octanol–water partition coefficient (Wildman–Crippen LogP) is 2.80. The number of amides is 1. The van der Waals surface area contributed by atoms with Gasteiger partial charge in [-0.2, -0.15) is 0 Å². The Morgan fingerprint density at radius 1 is 1.08 bits per heavy atom. The van der Waals surface area contributed by atoms with Crippen molar-refractivity contribution < 1.29 is 14.3 Å². The van der Waals surface area contributed by atoms with E-state index in [2.05, 4.69) is 5.32 Å². The third-order valence-electron chi connectivity index (χ3n) is 4.93. The van der Waals surface area contributed by atoms with Gasteiger partial charge >= 0.3 is 6.09 Å². The largest absolute Gasteiger partial charge is 0.445 e. The second-order valence-electron chi connectivity index (χ2n) is 6.75. The molecule has 0 atom stereocenters. The number of nitrogens with zero attached hydrogens (tertiary/aromatic N) is 1. The molecule has 1 amide bonds. The zero-order valence-corrected chi connectivity index (χ0v) is 14.3. The second kappa shape index (κ2) is 9.04. The first-order chi connectivity index (χ1) is 11.8. The smallest absolute Gasteiger partial charge is 0.410 e. The van der Waals surface area contributed by atoms with E-state index < -0.39 is 0 Å². The van der Waals surface area contributed by atoms with E-state index in [4.69, 9.17) is 9.47 Å². The van der Waals surface area contributed by atoms with Crippen molar-refractivity contribution in [2.24, 2.45) is 5.92 Å². The summed E-state index contributed by atoms with van der Waals surface area (Å²) in [6.07, 6.45) is 4.46. The number of hydrogen-bond donors (Lipinski definition) is 1. The summed E-state index contributed by atoms with van der Waals surface area (Å²) in [4.78, 5) is 14.0. The molecule has 132 valence electrons. The highest BCUT2D eigenvalue weighted by atomic mass is 16.6. The number of rotatable bonds is 5. The Morgan fingerprint density at radius 3 is 2.50 bits per heavy atom. The summed E-state index contributed by atoms with van der Waals surface area (Å²) in [7, 11) is 0. The van der Waals surface area contributed by atoms with E-state index in [-0.39, 0.29) is 6.09 Å². The molecule has 24 heavy (non-hydrogen) atoms. The third-order valence-corrected chi connectivity index (χ3v) is 4.93. The minimum Gasteiger partial charge on any atom is -0.445 e. The summed E-state index contributed by atoms with van der Waals surface area (Å²) in [6.45, 7) is 4.85. The van der Waals surface area contributed by atoms with Gasteiger partial charge in [-0.15, -0.1) is 0 Å². The lowest BCUT2D eigenvalue weighted by Crippen LogP contribution is -2.40. The lowest BCUT2D eigenvalue weighted by molar-refractivity contribution is -0.00249. The average Bonchev–Trinajstić information content (AvgIpc) is 2.66. The molecular formula is C19H28N2O3. The van der Waals surface area contributed by atoms with Crippen molar-refractivity contribution in [2.75, 3.05) is 32.8 Å². The van der Waals surface area contributed by atoms with E-state index in [0.29, 0.717) is 18.6 Å². The topological polar surface area (TPSA) is 50.8 Å². The molecule has 1 aromatic rings. The minimum atomic E-state index is -0.198. The highest BCUT2D eigenvalue weighted by Crippen LogP contribution is 2.20. The fourth-order valence-corrected chi connectivity index (χ4v) is 3.33. The lowest BCUT2D eigenvalue weighted by atomic mass is 9.98. The number of carbonyl (C=O) groups excluding carboxylic acids is 1. The van der Waals surface area contributed by atoms with E-state index in [9.17, 15) is 4.79 Å². The fourth-order valence-electron chi connectivity index (χ4n) is 3.33. The minimum absolute atomic E-state index is 0.198. The van der Waals surface area contributed by atoms with Crippen molar-refractivity contribution in [3.05, 3.63) is 35.9 Å². The molecule has 3 rings (SSSR count). The van der Waals surface area contributed by atoms with Gasteiger partial charge in [0.15, 0.2) is 0 Å². The van der Waals surface area contributed by atoms with Gasteiger partial charge in [0.2, 0.25) is 0 Å². The van der Waals surface area contributed by atoms with E-state index >= 15 is 0 Å². The maximum Gasteiger partial charge on any atom is 0.410 e. The van der Waals surface area contributed by atoms with Gasteiger partial charge in [0, 0.05) is 19.7 Å². The molecule has 0 bridgehead atoms. The number of nitrogens with one attached hydrogen (secondary N) is 1. The van der Waals surface area contributed by atoms with Gasteiger partial charge < -0.3 is 19.7 Å². The van der Waals surface area contributed by atoms with Gasteiger partial charge in [-0.25, -0.2) is 4.79 Å². The van der Waals surface area contributed by atoms with E-state index in [1.54, 1.807) is 0 Å². The van der Waals surface area contributed by atoms with Crippen LogP contribution in [0.3, 0.4) is 0 Å². The first kappa shape index (κ1) is 17.2. The molecule has 5 nitrogen and oxygen atoms in total. The molecule has 5 heteroatoms. The summed E-state index contributed by atoms with van der Waals surface area (Å²) in [5.41, 5.74) is 1.02. The Labute approximate surface area is 144 Å². The fraction of sp³-hybridized carbons (Fsp3) is 0.632. The summed E-state index contributed by atoms with van der Waals surface area (Å²) in [5, 5.41) is 3.36. The molecule has 0 radical (unpaired) electrons. The molecule has 2 aliphatic rings. The molecule has 0 saturated carbocycles. The Morgan fingerprint density at radius 2 is 1.79 bits per heavy atom. The van der Waals surface area contributed by atoms with E-state index in [0.717, 1.165) is 64.0 Å². The molecule has 0 aliphatic carbocycles. The van der Waals surface area contributed by atoms with Crippen LogP contribution in [0.15, 0.2) is 30.3 Å². The van der Waals surface area contributed by atoms with Gasteiger partial charge in [-0.1, -0.05) is 30.3 Å². The number of likely N-dealkylation sites (tertiary alicyclic amines) is 1. The number of hydrogen-bond acceptors (Lipinski definition) is 4. The predicted molar refractivity (Wildman–Crippen MR) is 92.8 cm³/mol. The van der Waals surface area contributed by atoms with Crippen LogP contribution in [-0.4, -0.2) is 49.9 Å². The highest BCUT2D eigenvalue weighted by Gasteiger charge is 2.25. The zero-order chi connectivity index (χ0) is 16.6. The Bertz CT molecular complexity index is 495. The standard InChI is InChI=1S/C19H28N2O3/c22-19(24-15-16-4-2-1-3-5-16)21-12-8-17(9-13-21)14-23-18-6-10-20-11-7-18/h1-5,17-18,20H,6-15H2. The lowest BCUT2D eigenvalue weighted by Gasteiger charge is -2.32. The molecule has 1 N–H and O–H groups in total. The van der Waals surface area contributed by atoms with E-state index in [1.807, 2.05) is 35.2 Å². The summed E-state index contributed by atoms with van der Waals surface area (Å²) in [5.74, 6) is 0.568. The normalized spacial score (nSPS) is 20.1. The van der Waals surface area contributed by atoms with Gasteiger partial charge in [0.1, 0.15) is 6.61 Å². The van der Waals surface area contributed by atoms with E-state index in [1.165, 1.54) is 0 Å². The number of ether oxygens (including phenoxy) is 2. The number of piperidine rings is 2. The summed E-state index contributed by atoms with van der Waals surface area (Å²) in [6, 6.07) is 9.81. The molecule has 2 saturated heterocycles. The monoisotopic (exact) mass is 332 g/mol. The van der Waals surface area contributed by atoms with Gasteiger partial charge in [0.25, 0.3) is 0 Å². The van der Waals surface area contributed by atoms with Crippen molar-refractivity contribution in [1.29, 1.82) is 0 Å². The summed E-state index contributed by atoms with van der Waals surface area (Å²) < 4.78 is 11.5. The van der Waals surface area contributed by atoms with Crippen LogP contribution in [-0.2, 0) is 16.1 Å². The van der Waals surface area contributed by atoms with Crippen molar-refractivity contribution in [3.63, 3.8) is 0 Å². The molecular weight excluding hydrogens is 304 g/mol. The van der Waals surface area contributed by atoms with Gasteiger partial charge in [-0.3, -0.25) is 0 Å². The molecule has 1 aromatic carbocycles. The highest BCUT2D eigenvalue weighted by molar-refractivity contribution is 5.67. The zero-order valence-electron chi connectivity index (χ0n) is 14.3. The molecule has 2 aliphatic heterocycles. The number of carbonyl (C=O) groups is 1. The van der Waals surface area contributed by atoms with Crippen molar-refractivity contribution in [1.82, 2.24) is 10.2 Å². The van der Waals surface area contributed by atoms with Crippen LogP contribution in [0.1, 0.15) is 31.2 Å². The Kier molecular flexibility index (Phi) is 6.49. The van der Waals surface area contributed by atoms with Crippen LogP contribution in [0.25, 0.3) is 0 Å². The Hall–Kier alpha value is -1.59. The van der Waals surface area contributed by atoms with Crippen LogP contribution in [0.2, 0.25) is 0 Å². The molecule has 0 spiro atoms. The van der Waals surface area contributed by atoms with Crippen LogP contribution >= 0.6 is 0 Å². The van der Waals surface area contributed by atoms with Crippen LogP contribution < -0.4 is 5.32 Å². The third kappa shape index (κ3) is 5.21.